The van der Waals surface area contributed by atoms with Gasteiger partial charge < -0.3 is 4.90 Å². The van der Waals surface area contributed by atoms with Crippen molar-refractivity contribution in [1.29, 1.82) is 0 Å². The van der Waals surface area contributed by atoms with Crippen LogP contribution in [-0.4, -0.2) is 24.7 Å². The number of aryl methyl sites for hydroxylation is 1. The Morgan fingerprint density at radius 3 is 2.45 bits per heavy atom. The van der Waals surface area contributed by atoms with E-state index in [4.69, 9.17) is 4.98 Å². The molecule has 188 valence electrons. The van der Waals surface area contributed by atoms with Crippen molar-refractivity contribution < 1.29 is 8.42 Å². The Morgan fingerprint density at radius 1 is 0.775 bits per heavy atom. The van der Waals surface area contributed by atoms with Gasteiger partial charge in [0, 0.05) is 31.5 Å². The second-order valence-corrected chi connectivity index (χ2v) is 13.7. The number of nitrogens with zero attached hydrogens (tertiary/aromatic N) is 3. The van der Waals surface area contributed by atoms with Crippen molar-refractivity contribution in [2.75, 3.05) is 4.90 Å². The topological polar surface area (TPSA) is 55.2 Å². The first-order chi connectivity index (χ1) is 19.5. The average molecular weight is 551 g/mol. The predicted octanol–water partition coefficient (Wildman–Crippen LogP) is 5.46. The number of rotatable bonds is 0. The van der Waals surface area contributed by atoms with E-state index in [0.29, 0.717) is 15.5 Å². The molecule has 0 saturated heterocycles. The van der Waals surface area contributed by atoms with E-state index < -0.39 is 9.84 Å². The molecular weight excluding hydrogens is 533 g/mol. The van der Waals surface area contributed by atoms with Gasteiger partial charge in [-0.25, -0.2) is 13.4 Å². The van der Waals surface area contributed by atoms with Crippen molar-refractivity contribution in [3.63, 3.8) is 0 Å². The fourth-order valence-corrected chi connectivity index (χ4v) is 10.2. The standard InChI is InChI=1S/C32H18BN3O2S2/c1-17-34-30-28-18-8-2-4-13-24(18)39-25(28)16-20-32(30)35(17)22-11-7-12-23-29(22)33(20)19-9-6-15-27-31(19)36(23)21-10-3-5-14-26(21)40(27,37)38/h2-16H,1H3. The Kier molecular flexibility index (Phi) is 3.66. The van der Waals surface area contributed by atoms with Gasteiger partial charge in [0.05, 0.1) is 32.2 Å². The van der Waals surface area contributed by atoms with Crippen molar-refractivity contribution in [3.8, 4) is 5.69 Å². The van der Waals surface area contributed by atoms with Gasteiger partial charge >= 0.3 is 0 Å². The minimum atomic E-state index is -3.68. The van der Waals surface area contributed by atoms with Gasteiger partial charge in [0.15, 0.2) is 0 Å². The molecule has 8 heteroatoms. The molecule has 0 N–H and O–H groups in total. The van der Waals surface area contributed by atoms with Crippen LogP contribution in [0.2, 0.25) is 0 Å². The zero-order valence-electron chi connectivity index (χ0n) is 21.2. The lowest BCUT2D eigenvalue weighted by Gasteiger charge is -2.43. The highest BCUT2D eigenvalue weighted by Gasteiger charge is 2.47. The maximum absolute atomic E-state index is 13.9. The summed E-state index contributed by atoms with van der Waals surface area (Å²) in [6, 6.07) is 30.4. The number of aromatic nitrogens is 2. The maximum atomic E-state index is 13.9. The molecule has 3 aliphatic rings. The average Bonchev–Trinajstić information content (AvgIpc) is 3.51. The fourth-order valence-electron chi connectivity index (χ4n) is 7.40. The van der Waals surface area contributed by atoms with Crippen LogP contribution in [0.25, 0.3) is 36.9 Å². The van der Waals surface area contributed by atoms with Crippen LogP contribution in [0.3, 0.4) is 0 Å². The van der Waals surface area contributed by atoms with Gasteiger partial charge in [-0.05, 0) is 65.8 Å². The van der Waals surface area contributed by atoms with Crippen molar-refractivity contribution in [2.45, 2.75) is 16.7 Å². The molecule has 5 aromatic carbocycles. The third-order valence-electron chi connectivity index (χ3n) is 8.86. The minimum absolute atomic E-state index is 0.112. The van der Waals surface area contributed by atoms with E-state index in [1.54, 1.807) is 29.5 Å². The summed E-state index contributed by atoms with van der Waals surface area (Å²) in [5, 5.41) is 2.43. The minimum Gasteiger partial charge on any atom is -0.309 e. The van der Waals surface area contributed by atoms with Crippen LogP contribution < -0.4 is 21.3 Å². The molecule has 0 spiro atoms. The number of hydrogen-bond donors (Lipinski definition) is 0. The largest absolute Gasteiger partial charge is 0.309 e. The lowest BCUT2D eigenvalue weighted by Crippen LogP contribution is -2.61. The summed E-state index contributed by atoms with van der Waals surface area (Å²) >= 11 is 1.80. The predicted molar refractivity (Wildman–Crippen MR) is 163 cm³/mol. The summed E-state index contributed by atoms with van der Waals surface area (Å²) in [4.78, 5) is 8.08. The van der Waals surface area contributed by atoms with Crippen LogP contribution in [-0.2, 0) is 9.84 Å². The summed E-state index contributed by atoms with van der Waals surface area (Å²) in [7, 11) is -3.68. The molecule has 7 aromatic rings. The molecule has 5 nitrogen and oxygen atoms in total. The second-order valence-electron chi connectivity index (χ2n) is 10.8. The normalized spacial score (nSPS) is 15.4. The molecule has 40 heavy (non-hydrogen) atoms. The van der Waals surface area contributed by atoms with Crippen LogP contribution in [0.5, 0.6) is 0 Å². The Morgan fingerprint density at radius 2 is 1.52 bits per heavy atom. The Balaban J connectivity index is 1.42. The van der Waals surface area contributed by atoms with E-state index in [1.807, 2.05) is 18.2 Å². The fraction of sp³-hybridized carbons (Fsp3) is 0.0312. The molecule has 10 rings (SSSR count). The Bertz CT molecular complexity index is 2440. The highest BCUT2D eigenvalue weighted by atomic mass is 32.2. The zero-order chi connectivity index (χ0) is 26.5. The first kappa shape index (κ1) is 21.4. The summed E-state index contributed by atoms with van der Waals surface area (Å²) in [5.41, 5.74) is 9.12. The van der Waals surface area contributed by atoms with Gasteiger partial charge in [-0.1, -0.05) is 48.5 Å². The van der Waals surface area contributed by atoms with Crippen LogP contribution in [0.15, 0.2) is 101 Å². The smallest absolute Gasteiger partial charge is 0.252 e. The number of anilines is 3. The van der Waals surface area contributed by atoms with Gasteiger partial charge in [-0.15, -0.1) is 11.3 Å². The number of hydrogen-bond acceptors (Lipinski definition) is 5. The number of fused-ring (bicyclic) bond motifs is 10. The molecule has 0 unspecified atom stereocenters. The van der Waals surface area contributed by atoms with Crippen LogP contribution in [0.4, 0.5) is 17.1 Å². The molecule has 3 aliphatic heterocycles. The Hall–Kier alpha value is -4.40. The molecule has 0 aliphatic carbocycles. The van der Waals surface area contributed by atoms with Crippen LogP contribution in [0, 0.1) is 6.92 Å². The highest BCUT2D eigenvalue weighted by molar-refractivity contribution is 7.92. The molecular formula is C32H18BN3O2S2. The molecule has 0 bridgehead atoms. The lowest BCUT2D eigenvalue weighted by molar-refractivity contribution is 0.595. The monoisotopic (exact) mass is 551 g/mol. The number of para-hydroxylation sites is 2. The number of imidazole rings is 1. The summed E-state index contributed by atoms with van der Waals surface area (Å²) in [5.74, 6) is 0.951. The molecule has 0 amide bonds. The number of benzene rings is 5. The number of sulfone groups is 1. The van der Waals surface area contributed by atoms with Crippen molar-refractivity contribution in [3.05, 3.63) is 96.8 Å². The third kappa shape index (κ3) is 2.26. The first-order valence-corrected chi connectivity index (χ1v) is 15.6. The second kappa shape index (κ2) is 6.84. The van der Waals surface area contributed by atoms with E-state index in [0.717, 1.165) is 39.4 Å². The van der Waals surface area contributed by atoms with Crippen molar-refractivity contribution >= 4 is 92.5 Å². The van der Waals surface area contributed by atoms with E-state index in [1.165, 1.54) is 31.1 Å². The van der Waals surface area contributed by atoms with E-state index in [9.17, 15) is 8.42 Å². The summed E-state index contributed by atoms with van der Waals surface area (Å²) < 4.78 is 32.7. The van der Waals surface area contributed by atoms with Crippen molar-refractivity contribution in [1.82, 2.24) is 9.55 Å². The Labute approximate surface area is 233 Å². The highest BCUT2D eigenvalue weighted by Crippen LogP contribution is 2.50. The van der Waals surface area contributed by atoms with Gasteiger partial charge in [0.25, 0.3) is 6.71 Å². The summed E-state index contributed by atoms with van der Waals surface area (Å²) in [6.45, 7) is 1.97. The zero-order valence-corrected chi connectivity index (χ0v) is 22.8. The van der Waals surface area contributed by atoms with Crippen molar-refractivity contribution in [2.24, 2.45) is 0 Å². The van der Waals surface area contributed by atoms with E-state index >= 15 is 0 Å². The molecule has 0 saturated carbocycles. The quantitative estimate of drug-likeness (QED) is 0.235. The van der Waals surface area contributed by atoms with Gasteiger partial charge in [-0.2, -0.15) is 0 Å². The maximum Gasteiger partial charge on any atom is 0.252 e. The van der Waals surface area contributed by atoms with Crippen LogP contribution >= 0.6 is 11.3 Å². The first-order valence-electron chi connectivity index (χ1n) is 13.3. The third-order valence-corrected chi connectivity index (χ3v) is 11.8. The summed E-state index contributed by atoms with van der Waals surface area (Å²) in [6.07, 6.45) is 0. The van der Waals surface area contributed by atoms with E-state index in [2.05, 4.69) is 71.0 Å². The lowest BCUT2D eigenvalue weighted by atomic mass is 9.34. The molecule has 5 heterocycles. The van der Waals surface area contributed by atoms with Gasteiger partial charge in [0.1, 0.15) is 5.82 Å². The molecule has 0 fully saturated rings. The molecule has 0 radical (unpaired) electrons. The molecule has 0 atom stereocenters. The van der Waals surface area contributed by atoms with Gasteiger partial charge in [0.2, 0.25) is 9.84 Å². The van der Waals surface area contributed by atoms with E-state index in [-0.39, 0.29) is 6.71 Å². The number of thiophene rings is 1. The molecule has 2 aromatic heterocycles. The SMILES string of the molecule is Cc1nc2c3c(cc4c2n1-c1cccc2c1B4c1cccc4c1N2c1ccccc1S4(=O)=O)sc1ccccc13. The van der Waals surface area contributed by atoms with Gasteiger partial charge in [-0.3, -0.25) is 4.57 Å². The van der Waals surface area contributed by atoms with Crippen LogP contribution in [0.1, 0.15) is 5.82 Å².